The van der Waals surface area contributed by atoms with E-state index in [9.17, 15) is 13.2 Å². The Labute approximate surface area is 126 Å². The molecule has 1 aliphatic heterocycles. The van der Waals surface area contributed by atoms with Crippen molar-refractivity contribution >= 4 is 15.7 Å². The minimum Gasteiger partial charge on any atom is -0.339 e. The van der Waals surface area contributed by atoms with Gasteiger partial charge in [-0.2, -0.15) is 0 Å². The van der Waals surface area contributed by atoms with E-state index in [0.29, 0.717) is 19.4 Å². The number of carbonyl (C=O) groups is 1. The van der Waals surface area contributed by atoms with Crippen molar-refractivity contribution in [1.29, 1.82) is 0 Å². The average molecular weight is 310 g/mol. The number of hydrogen-bond donors (Lipinski definition) is 0. The summed E-state index contributed by atoms with van der Waals surface area (Å²) in [5, 5.41) is 0. The van der Waals surface area contributed by atoms with Crippen LogP contribution in [0.1, 0.15) is 38.2 Å². The molecule has 1 aromatic rings. The van der Waals surface area contributed by atoms with Gasteiger partial charge in [-0.15, -0.1) is 0 Å². The van der Waals surface area contributed by atoms with Gasteiger partial charge in [-0.25, -0.2) is 8.42 Å². The van der Waals surface area contributed by atoms with Gasteiger partial charge in [0, 0.05) is 31.4 Å². The Morgan fingerprint density at radius 3 is 2.81 bits per heavy atom. The van der Waals surface area contributed by atoms with E-state index in [1.807, 2.05) is 26.0 Å². The first-order chi connectivity index (χ1) is 9.93. The van der Waals surface area contributed by atoms with Crippen LogP contribution in [0.5, 0.6) is 0 Å². The van der Waals surface area contributed by atoms with E-state index in [2.05, 4.69) is 4.98 Å². The molecule has 0 saturated carbocycles. The van der Waals surface area contributed by atoms with Gasteiger partial charge in [-0.1, -0.05) is 13.0 Å². The van der Waals surface area contributed by atoms with Crippen LogP contribution in [0.25, 0.3) is 0 Å². The molecule has 0 aliphatic carbocycles. The second-order valence-corrected chi connectivity index (χ2v) is 7.86. The monoisotopic (exact) mass is 310 g/mol. The molecule has 0 radical (unpaired) electrons. The van der Waals surface area contributed by atoms with Crippen LogP contribution in [0.4, 0.5) is 0 Å². The maximum atomic E-state index is 12.5. The summed E-state index contributed by atoms with van der Waals surface area (Å²) in [6.45, 7) is 4.45. The molecule has 2 atom stereocenters. The van der Waals surface area contributed by atoms with Gasteiger partial charge in [-0.05, 0) is 30.9 Å². The summed E-state index contributed by atoms with van der Waals surface area (Å²) in [6.07, 6.45) is 4.42. The molecule has 0 bridgehead atoms. The van der Waals surface area contributed by atoms with E-state index < -0.39 is 9.84 Å². The number of pyridine rings is 1. The van der Waals surface area contributed by atoms with E-state index in [0.717, 1.165) is 5.56 Å². The van der Waals surface area contributed by atoms with Crippen molar-refractivity contribution in [3.8, 4) is 0 Å². The van der Waals surface area contributed by atoms with Crippen molar-refractivity contribution in [1.82, 2.24) is 9.88 Å². The zero-order valence-corrected chi connectivity index (χ0v) is 13.3. The second-order valence-electron chi connectivity index (χ2n) is 5.63. The summed E-state index contributed by atoms with van der Waals surface area (Å²) in [5.41, 5.74) is 1.03. The first kappa shape index (κ1) is 15.9. The molecular weight excluding hydrogens is 288 g/mol. The van der Waals surface area contributed by atoms with Crippen molar-refractivity contribution in [3.63, 3.8) is 0 Å². The van der Waals surface area contributed by atoms with Crippen molar-refractivity contribution in [2.75, 3.05) is 18.1 Å². The van der Waals surface area contributed by atoms with Crippen LogP contribution in [0.3, 0.4) is 0 Å². The second kappa shape index (κ2) is 6.56. The predicted octanol–water partition coefficient (Wildman–Crippen LogP) is 1.61. The fourth-order valence-corrected chi connectivity index (χ4v) is 4.55. The molecule has 0 N–H and O–H groups in total. The van der Waals surface area contributed by atoms with Crippen LogP contribution >= 0.6 is 0 Å². The van der Waals surface area contributed by atoms with Crippen LogP contribution in [0.15, 0.2) is 24.5 Å². The number of aromatic nitrogens is 1. The smallest absolute Gasteiger partial charge is 0.223 e. The Hall–Kier alpha value is -1.43. The van der Waals surface area contributed by atoms with E-state index >= 15 is 0 Å². The van der Waals surface area contributed by atoms with E-state index in [1.165, 1.54) is 0 Å². The molecule has 1 fully saturated rings. The largest absolute Gasteiger partial charge is 0.339 e. The number of rotatable bonds is 5. The van der Waals surface area contributed by atoms with Gasteiger partial charge < -0.3 is 4.90 Å². The SMILES string of the molecule is CCN(C(=O)CC(C)c1cccnc1)C1CCS(=O)(=O)C1. The third-order valence-electron chi connectivity index (χ3n) is 4.04. The third-order valence-corrected chi connectivity index (χ3v) is 5.79. The molecule has 6 heteroatoms. The summed E-state index contributed by atoms with van der Waals surface area (Å²) in [4.78, 5) is 18.3. The summed E-state index contributed by atoms with van der Waals surface area (Å²) >= 11 is 0. The van der Waals surface area contributed by atoms with Crippen LogP contribution in [0.2, 0.25) is 0 Å². The lowest BCUT2D eigenvalue weighted by Gasteiger charge is -2.28. The molecule has 2 rings (SSSR count). The van der Waals surface area contributed by atoms with Crippen molar-refractivity contribution < 1.29 is 13.2 Å². The molecule has 0 aromatic carbocycles. The lowest BCUT2D eigenvalue weighted by Crippen LogP contribution is -2.41. The molecule has 116 valence electrons. The Kier molecular flexibility index (Phi) is 4.98. The Bertz CT molecular complexity index is 586. The minimum absolute atomic E-state index is 0.0240. The first-order valence-corrected chi connectivity index (χ1v) is 9.15. The third kappa shape index (κ3) is 4.03. The highest BCUT2D eigenvalue weighted by atomic mass is 32.2. The van der Waals surface area contributed by atoms with E-state index in [1.54, 1.807) is 17.3 Å². The van der Waals surface area contributed by atoms with E-state index in [4.69, 9.17) is 0 Å². The van der Waals surface area contributed by atoms with Gasteiger partial charge in [0.2, 0.25) is 5.91 Å². The number of nitrogens with zero attached hydrogens (tertiary/aromatic N) is 2. The lowest BCUT2D eigenvalue weighted by atomic mass is 9.98. The van der Waals surface area contributed by atoms with Gasteiger partial charge >= 0.3 is 0 Å². The van der Waals surface area contributed by atoms with Gasteiger partial charge in [0.05, 0.1) is 11.5 Å². The first-order valence-electron chi connectivity index (χ1n) is 7.32. The molecular formula is C15H22N2O3S. The maximum Gasteiger partial charge on any atom is 0.223 e. The minimum atomic E-state index is -2.97. The number of sulfone groups is 1. The quantitative estimate of drug-likeness (QED) is 0.828. The molecule has 1 aromatic heterocycles. The molecule has 21 heavy (non-hydrogen) atoms. The zero-order chi connectivity index (χ0) is 15.5. The fraction of sp³-hybridized carbons (Fsp3) is 0.600. The van der Waals surface area contributed by atoms with Gasteiger partial charge in [-0.3, -0.25) is 9.78 Å². The summed E-state index contributed by atoms with van der Waals surface area (Å²) in [7, 11) is -2.97. The Balaban J connectivity index is 2.01. The molecule has 1 amide bonds. The average Bonchev–Trinajstić information content (AvgIpc) is 2.80. The standard InChI is InChI=1S/C15H22N2O3S/c1-3-17(14-6-8-21(19,20)11-14)15(18)9-12(2)13-5-4-7-16-10-13/h4-5,7,10,12,14H,3,6,8-9,11H2,1-2H3. The van der Waals surface area contributed by atoms with Crippen molar-refractivity contribution in [3.05, 3.63) is 30.1 Å². The van der Waals surface area contributed by atoms with Gasteiger partial charge in [0.25, 0.3) is 0 Å². The molecule has 2 heterocycles. The molecule has 1 aliphatic rings. The van der Waals surface area contributed by atoms with Crippen molar-refractivity contribution in [2.45, 2.75) is 38.6 Å². The van der Waals surface area contributed by atoms with Crippen LogP contribution in [-0.4, -0.2) is 48.3 Å². The van der Waals surface area contributed by atoms with Crippen LogP contribution < -0.4 is 0 Å². The topological polar surface area (TPSA) is 67.3 Å². The zero-order valence-electron chi connectivity index (χ0n) is 12.5. The number of hydrogen-bond acceptors (Lipinski definition) is 4. The number of amides is 1. The predicted molar refractivity (Wildman–Crippen MR) is 81.7 cm³/mol. The normalized spacial score (nSPS) is 21.9. The number of carbonyl (C=O) groups excluding carboxylic acids is 1. The van der Waals surface area contributed by atoms with E-state index in [-0.39, 0.29) is 29.4 Å². The highest BCUT2D eigenvalue weighted by Crippen LogP contribution is 2.23. The fourth-order valence-electron chi connectivity index (χ4n) is 2.82. The van der Waals surface area contributed by atoms with Crippen LogP contribution in [0, 0.1) is 0 Å². The molecule has 0 spiro atoms. The lowest BCUT2D eigenvalue weighted by molar-refractivity contribution is -0.133. The Morgan fingerprint density at radius 2 is 2.29 bits per heavy atom. The maximum absolute atomic E-state index is 12.5. The summed E-state index contributed by atoms with van der Waals surface area (Å²) in [6, 6.07) is 3.66. The summed E-state index contributed by atoms with van der Waals surface area (Å²) < 4.78 is 23.2. The van der Waals surface area contributed by atoms with Crippen LogP contribution in [-0.2, 0) is 14.6 Å². The highest BCUT2D eigenvalue weighted by Gasteiger charge is 2.34. The molecule has 5 nitrogen and oxygen atoms in total. The van der Waals surface area contributed by atoms with Gasteiger partial charge in [0.1, 0.15) is 0 Å². The molecule has 2 unspecified atom stereocenters. The summed E-state index contributed by atoms with van der Waals surface area (Å²) in [5.74, 6) is 0.405. The Morgan fingerprint density at radius 1 is 1.52 bits per heavy atom. The molecule has 1 saturated heterocycles. The highest BCUT2D eigenvalue weighted by molar-refractivity contribution is 7.91. The van der Waals surface area contributed by atoms with Gasteiger partial charge in [0.15, 0.2) is 9.84 Å². The van der Waals surface area contributed by atoms with Crippen molar-refractivity contribution in [2.24, 2.45) is 0 Å².